The Morgan fingerprint density at radius 2 is 1.51 bits per heavy atom. The monoisotopic (exact) mass is 636 g/mol. The first kappa shape index (κ1) is 32.7. The van der Waals surface area contributed by atoms with Crippen molar-refractivity contribution in [3.8, 4) is 22.6 Å². The molecule has 12 heteroatoms. The number of carbonyl (C=O) groups excluding carboxylic acids is 3. The van der Waals surface area contributed by atoms with Gasteiger partial charge in [0.1, 0.15) is 24.5 Å². The summed E-state index contributed by atoms with van der Waals surface area (Å²) in [6.07, 6.45) is 4.43. The van der Waals surface area contributed by atoms with Gasteiger partial charge in [-0.25, -0.2) is 14.8 Å². The number of fused-ring (bicyclic) bond motifs is 3. The van der Waals surface area contributed by atoms with E-state index in [9.17, 15) is 24.3 Å². The highest BCUT2D eigenvalue weighted by atomic mass is 16.5. The van der Waals surface area contributed by atoms with E-state index in [1.165, 1.54) is 17.2 Å². The van der Waals surface area contributed by atoms with E-state index in [1.807, 2.05) is 42.5 Å². The maximum Gasteiger partial charge on any atom is 0.407 e. The van der Waals surface area contributed by atoms with Crippen molar-refractivity contribution in [3.05, 3.63) is 102 Å². The number of carboxylic acid groups (broad SMARTS) is 1. The Morgan fingerprint density at radius 3 is 2.21 bits per heavy atom. The van der Waals surface area contributed by atoms with Crippen molar-refractivity contribution < 1.29 is 29.0 Å². The number of aliphatic carboxylic acids is 1. The molecule has 12 nitrogen and oxygen atoms in total. The molecular formula is C35H36N6O6. The number of ether oxygens (including phenoxy) is 1. The van der Waals surface area contributed by atoms with Gasteiger partial charge in [0.15, 0.2) is 5.82 Å². The number of benzene rings is 2. The van der Waals surface area contributed by atoms with Crippen LogP contribution in [0.2, 0.25) is 0 Å². The number of hydrogen-bond donors (Lipinski definition) is 3. The van der Waals surface area contributed by atoms with Gasteiger partial charge in [-0.05, 0) is 53.3 Å². The number of unbranched alkanes of at least 4 members (excludes halogenated alkanes) is 2. The predicted octanol–water partition coefficient (Wildman–Crippen LogP) is 4.28. The molecule has 242 valence electrons. The van der Waals surface area contributed by atoms with E-state index in [-0.39, 0.29) is 49.5 Å². The summed E-state index contributed by atoms with van der Waals surface area (Å²) in [6.45, 7) is 0.153. The van der Waals surface area contributed by atoms with Crippen LogP contribution in [0.1, 0.15) is 53.2 Å². The number of alkyl carbamates (subject to hydrolysis) is 1. The van der Waals surface area contributed by atoms with E-state index in [2.05, 4.69) is 37.7 Å². The topological polar surface area (TPSA) is 164 Å². The minimum absolute atomic E-state index is 0.0325. The zero-order valence-corrected chi connectivity index (χ0v) is 25.8. The minimum atomic E-state index is -1.14. The molecule has 0 saturated heterocycles. The smallest absolute Gasteiger partial charge is 0.407 e. The summed E-state index contributed by atoms with van der Waals surface area (Å²) in [6, 6.07) is 23.0. The first-order valence-electron chi connectivity index (χ1n) is 15.5. The maximum absolute atomic E-state index is 12.8. The third-order valence-corrected chi connectivity index (χ3v) is 7.81. The van der Waals surface area contributed by atoms with Crippen LogP contribution in [-0.4, -0.2) is 81.6 Å². The molecule has 2 aromatic heterocycles. The number of carboxylic acids is 1. The van der Waals surface area contributed by atoms with Crippen LogP contribution in [0.25, 0.3) is 22.6 Å². The Bertz CT molecular complexity index is 1670. The summed E-state index contributed by atoms with van der Waals surface area (Å²) < 4.78 is 5.53. The van der Waals surface area contributed by atoms with E-state index in [1.54, 1.807) is 18.3 Å². The van der Waals surface area contributed by atoms with Gasteiger partial charge in [0.2, 0.25) is 5.91 Å². The lowest BCUT2D eigenvalue weighted by Gasteiger charge is -2.21. The molecule has 0 saturated carbocycles. The van der Waals surface area contributed by atoms with Crippen LogP contribution >= 0.6 is 0 Å². The van der Waals surface area contributed by atoms with Crippen molar-refractivity contribution in [2.75, 3.05) is 32.8 Å². The van der Waals surface area contributed by atoms with Crippen molar-refractivity contribution in [1.82, 2.24) is 30.5 Å². The second-order valence-electron chi connectivity index (χ2n) is 11.0. The molecule has 2 heterocycles. The molecule has 0 unspecified atom stereocenters. The lowest BCUT2D eigenvalue weighted by molar-refractivity contribution is -0.144. The molecule has 47 heavy (non-hydrogen) atoms. The van der Waals surface area contributed by atoms with E-state index in [0.717, 1.165) is 22.3 Å². The fourth-order valence-corrected chi connectivity index (χ4v) is 5.53. The summed E-state index contributed by atoms with van der Waals surface area (Å²) in [5.74, 6) is -1.52. The normalized spacial score (nSPS) is 11.7. The predicted molar refractivity (Wildman–Crippen MR) is 173 cm³/mol. The largest absolute Gasteiger partial charge is 0.480 e. The van der Waals surface area contributed by atoms with Gasteiger partial charge in [0.25, 0.3) is 5.91 Å². The lowest BCUT2D eigenvalue weighted by atomic mass is 9.98. The third kappa shape index (κ3) is 8.75. The van der Waals surface area contributed by atoms with Crippen molar-refractivity contribution in [3.63, 3.8) is 0 Å². The molecule has 0 spiro atoms. The second kappa shape index (κ2) is 16.1. The molecule has 2 aromatic carbocycles. The molecular weight excluding hydrogens is 600 g/mol. The van der Waals surface area contributed by atoms with Gasteiger partial charge in [-0.2, -0.15) is 0 Å². The first-order chi connectivity index (χ1) is 22.9. The number of aromatic nitrogens is 3. The van der Waals surface area contributed by atoms with Crippen LogP contribution in [0.3, 0.4) is 0 Å². The highest BCUT2D eigenvalue weighted by Crippen LogP contribution is 2.44. The highest BCUT2D eigenvalue weighted by molar-refractivity contribution is 5.92. The fourth-order valence-electron chi connectivity index (χ4n) is 5.53. The number of hydrogen-bond acceptors (Lipinski definition) is 8. The Labute approximate surface area is 272 Å². The Kier molecular flexibility index (Phi) is 11.2. The molecule has 0 radical (unpaired) electrons. The van der Waals surface area contributed by atoms with Crippen LogP contribution < -0.4 is 10.6 Å². The molecule has 0 aliphatic heterocycles. The fraction of sp³-hybridized carbons (Fsp3) is 0.286. The number of nitrogens with zero attached hydrogens (tertiary/aromatic N) is 4. The summed E-state index contributed by atoms with van der Waals surface area (Å²) >= 11 is 0. The SMILES string of the molecule is O=C(O)CN(CCNC(=O)OCC1c2ccccc2-c2ccccc21)C(=O)CCCCCNC(=O)c1ccnc(-c2ccccn2)n1. The van der Waals surface area contributed by atoms with Gasteiger partial charge < -0.3 is 25.4 Å². The Morgan fingerprint density at radius 1 is 0.787 bits per heavy atom. The number of nitrogens with one attached hydrogen (secondary N) is 2. The molecule has 3 N–H and O–H groups in total. The van der Waals surface area contributed by atoms with Crippen LogP contribution in [0.5, 0.6) is 0 Å². The number of rotatable bonds is 15. The molecule has 0 atom stereocenters. The molecule has 0 fully saturated rings. The molecule has 5 rings (SSSR count). The standard InChI is InChI=1S/C35H36N6O6/c42-31(15-2-1-8-18-38-34(45)30-16-19-37-33(40-30)29-14-7-9-17-36-29)41(22-32(43)44)21-20-39-35(46)47-23-28-26-12-5-3-10-24(26)25-11-4-6-13-27(25)28/h3-7,9-14,16-17,19,28H,1-2,8,15,18,20-23H2,(H,38,45)(H,39,46)(H,43,44). The second-order valence-corrected chi connectivity index (χ2v) is 11.0. The molecule has 3 amide bonds. The summed E-state index contributed by atoms with van der Waals surface area (Å²) in [7, 11) is 0. The summed E-state index contributed by atoms with van der Waals surface area (Å²) in [5, 5.41) is 14.8. The minimum Gasteiger partial charge on any atom is -0.480 e. The number of pyridine rings is 1. The van der Waals surface area contributed by atoms with Crippen LogP contribution in [0.15, 0.2) is 85.2 Å². The van der Waals surface area contributed by atoms with Gasteiger partial charge in [0.05, 0.1) is 0 Å². The molecule has 1 aliphatic rings. The van der Waals surface area contributed by atoms with Crippen LogP contribution in [0, 0.1) is 0 Å². The van der Waals surface area contributed by atoms with Gasteiger partial charge in [-0.1, -0.05) is 61.0 Å². The van der Waals surface area contributed by atoms with Crippen molar-refractivity contribution >= 4 is 23.9 Å². The molecule has 1 aliphatic carbocycles. The molecule has 0 bridgehead atoms. The summed E-state index contributed by atoms with van der Waals surface area (Å²) in [5.41, 5.74) is 5.25. The quantitative estimate of drug-likeness (QED) is 0.162. The van der Waals surface area contributed by atoms with Crippen molar-refractivity contribution in [2.45, 2.75) is 31.6 Å². The van der Waals surface area contributed by atoms with E-state index >= 15 is 0 Å². The van der Waals surface area contributed by atoms with E-state index < -0.39 is 18.6 Å². The van der Waals surface area contributed by atoms with Gasteiger partial charge in [-0.15, -0.1) is 0 Å². The average molecular weight is 637 g/mol. The van der Waals surface area contributed by atoms with Crippen molar-refractivity contribution in [2.24, 2.45) is 0 Å². The zero-order chi connectivity index (χ0) is 33.0. The van der Waals surface area contributed by atoms with Gasteiger partial charge >= 0.3 is 12.1 Å². The Hall–Kier alpha value is -5.65. The zero-order valence-electron chi connectivity index (χ0n) is 25.8. The summed E-state index contributed by atoms with van der Waals surface area (Å²) in [4.78, 5) is 63.1. The van der Waals surface area contributed by atoms with Gasteiger partial charge in [0, 0.05) is 44.4 Å². The highest BCUT2D eigenvalue weighted by Gasteiger charge is 2.29. The molecule has 4 aromatic rings. The van der Waals surface area contributed by atoms with Crippen LogP contribution in [0.4, 0.5) is 4.79 Å². The van der Waals surface area contributed by atoms with E-state index in [4.69, 9.17) is 4.74 Å². The number of amides is 3. The average Bonchev–Trinajstić information content (AvgIpc) is 3.42. The van der Waals surface area contributed by atoms with Crippen molar-refractivity contribution in [1.29, 1.82) is 0 Å². The third-order valence-electron chi connectivity index (χ3n) is 7.81. The first-order valence-corrected chi connectivity index (χ1v) is 15.5. The Balaban J connectivity index is 1.00. The van der Waals surface area contributed by atoms with Gasteiger partial charge in [-0.3, -0.25) is 19.4 Å². The number of carbonyl (C=O) groups is 4. The van der Waals surface area contributed by atoms with E-state index in [0.29, 0.717) is 37.3 Å². The lowest BCUT2D eigenvalue weighted by Crippen LogP contribution is -2.41. The maximum atomic E-state index is 12.8. The van der Waals surface area contributed by atoms with Crippen LogP contribution in [-0.2, 0) is 14.3 Å².